The van der Waals surface area contributed by atoms with Crippen LogP contribution in [0.3, 0.4) is 0 Å². The number of hydrogen-bond donors (Lipinski definition) is 0. The van der Waals surface area contributed by atoms with E-state index in [-0.39, 0.29) is 4.75 Å². The molecule has 1 rings (SSSR count). The molecule has 0 heterocycles. The predicted molar refractivity (Wildman–Crippen MR) is 74.4 cm³/mol. The van der Waals surface area contributed by atoms with Crippen LogP contribution in [-0.2, 0) is 11.0 Å². The van der Waals surface area contributed by atoms with E-state index >= 15 is 0 Å². The molecule has 0 bridgehead atoms. The lowest BCUT2D eigenvalue weighted by atomic mass is 10.2. The largest absolute Gasteiger partial charge is 0.234 e. The zero-order valence-electron chi connectivity index (χ0n) is 9.95. The van der Waals surface area contributed by atoms with Crippen molar-refractivity contribution in [2.75, 3.05) is 0 Å². The van der Waals surface area contributed by atoms with E-state index < -0.39 is 11.0 Å². The van der Waals surface area contributed by atoms with Crippen LogP contribution in [0.2, 0.25) is 0 Å². The molecular weight excluding hydrogens is 286 g/mol. The van der Waals surface area contributed by atoms with E-state index in [0.29, 0.717) is 0 Å². The molecular formula is C12H16BrNOS. The summed E-state index contributed by atoms with van der Waals surface area (Å²) in [6.07, 6.45) is 1.67. The minimum Gasteiger partial charge on any atom is -0.234 e. The Morgan fingerprint density at radius 2 is 1.94 bits per heavy atom. The molecule has 0 N–H and O–H groups in total. The molecule has 0 aromatic heterocycles. The highest BCUT2D eigenvalue weighted by Gasteiger charge is 2.18. The first-order valence-corrected chi connectivity index (χ1v) is 6.92. The lowest BCUT2D eigenvalue weighted by Crippen LogP contribution is -2.19. The molecule has 88 valence electrons. The minimum atomic E-state index is -1.20. The van der Waals surface area contributed by atoms with Gasteiger partial charge in [-0.2, -0.15) is 4.40 Å². The third kappa shape index (κ3) is 4.18. The van der Waals surface area contributed by atoms with Crippen LogP contribution in [0.1, 0.15) is 31.9 Å². The van der Waals surface area contributed by atoms with Gasteiger partial charge in [-0.25, -0.2) is 4.21 Å². The van der Waals surface area contributed by atoms with Crippen LogP contribution in [0.5, 0.6) is 0 Å². The van der Waals surface area contributed by atoms with Gasteiger partial charge in [-0.15, -0.1) is 0 Å². The second-order valence-electron chi connectivity index (χ2n) is 4.66. The quantitative estimate of drug-likeness (QED) is 0.767. The Kier molecular flexibility index (Phi) is 4.44. The molecule has 0 aliphatic rings. The van der Waals surface area contributed by atoms with Gasteiger partial charge in [0.15, 0.2) is 0 Å². The summed E-state index contributed by atoms with van der Waals surface area (Å²) in [5.74, 6) is 0. The summed E-state index contributed by atoms with van der Waals surface area (Å²) in [4.78, 5) is 0. The molecule has 0 aliphatic carbocycles. The molecule has 0 radical (unpaired) electrons. The second kappa shape index (κ2) is 5.23. The third-order valence-corrected chi connectivity index (χ3v) is 3.69. The minimum absolute atomic E-state index is 0.308. The van der Waals surface area contributed by atoms with E-state index in [4.69, 9.17) is 0 Å². The summed E-state index contributed by atoms with van der Waals surface area (Å²) in [5.41, 5.74) is 2.11. The van der Waals surface area contributed by atoms with Crippen molar-refractivity contribution in [3.8, 4) is 0 Å². The van der Waals surface area contributed by atoms with E-state index in [1.807, 2.05) is 45.9 Å². The van der Waals surface area contributed by atoms with Crippen molar-refractivity contribution in [1.29, 1.82) is 0 Å². The van der Waals surface area contributed by atoms with Crippen molar-refractivity contribution in [1.82, 2.24) is 0 Å². The summed E-state index contributed by atoms with van der Waals surface area (Å²) in [7, 11) is -1.20. The van der Waals surface area contributed by atoms with Crippen molar-refractivity contribution < 1.29 is 4.21 Å². The Bertz CT molecular complexity index is 415. The Labute approximate surface area is 108 Å². The number of halogens is 1. The summed E-state index contributed by atoms with van der Waals surface area (Å²) < 4.78 is 16.5. The molecule has 0 saturated heterocycles. The van der Waals surface area contributed by atoms with Gasteiger partial charge in [-0.1, -0.05) is 22.0 Å². The van der Waals surface area contributed by atoms with Crippen molar-refractivity contribution in [2.24, 2.45) is 4.40 Å². The number of benzene rings is 1. The number of aryl methyl sites for hydroxylation is 1. The molecule has 1 atom stereocenters. The van der Waals surface area contributed by atoms with Gasteiger partial charge in [0.25, 0.3) is 0 Å². The van der Waals surface area contributed by atoms with Crippen LogP contribution in [0.4, 0.5) is 0 Å². The molecule has 0 unspecified atom stereocenters. The van der Waals surface area contributed by atoms with Gasteiger partial charge < -0.3 is 0 Å². The van der Waals surface area contributed by atoms with Crippen LogP contribution in [0.25, 0.3) is 0 Å². The van der Waals surface area contributed by atoms with Crippen molar-refractivity contribution in [2.45, 2.75) is 32.4 Å². The fraction of sp³-hybridized carbons (Fsp3) is 0.417. The van der Waals surface area contributed by atoms with Gasteiger partial charge >= 0.3 is 0 Å². The summed E-state index contributed by atoms with van der Waals surface area (Å²) >= 11 is 3.42. The molecule has 4 heteroatoms. The maximum Gasteiger partial charge on any atom is 0.144 e. The molecule has 16 heavy (non-hydrogen) atoms. The molecule has 1 aromatic rings. The van der Waals surface area contributed by atoms with Gasteiger partial charge in [-0.05, 0) is 51.0 Å². The van der Waals surface area contributed by atoms with Crippen LogP contribution in [-0.4, -0.2) is 15.2 Å². The van der Waals surface area contributed by atoms with Crippen LogP contribution >= 0.6 is 15.9 Å². The number of rotatable bonds is 2. The highest BCUT2D eigenvalue weighted by Crippen LogP contribution is 2.15. The van der Waals surface area contributed by atoms with Crippen LogP contribution in [0.15, 0.2) is 27.1 Å². The Morgan fingerprint density at radius 1 is 1.31 bits per heavy atom. The molecule has 0 aliphatic heterocycles. The SMILES string of the molecule is Cc1cc(Br)cc(/C=N\[S@](=O)C(C)(C)C)c1. The molecule has 0 amide bonds. The average Bonchev–Trinajstić information content (AvgIpc) is 2.11. The first-order valence-electron chi connectivity index (χ1n) is 5.02. The van der Waals surface area contributed by atoms with Gasteiger partial charge in [0.05, 0.1) is 4.75 Å². The van der Waals surface area contributed by atoms with Gasteiger partial charge in [0, 0.05) is 10.7 Å². The van der Waals surface area contributed by atoms with Gasteiger partial charge in [0.2, 0.25) is 0 Å². The van der Waals surface area contributed by atoms with Gasteiger partial charge in [0.1, 0.15) is 11.0 Å². The Morgan fingerprint density at radius 3 is 2.44 bits per heavy atom. The first kappa shape index (κ1) is 13.6. The van der Waals surface area contributed by atoms with Crippen molar-refractivity contribution in [3.05, 3.63) is 33.8 Å². The fourth-order valence-corrected chi connectivity index (χ4v) is 2.27. The summed E-state index contributed by atoms with van der Waals surface area (Å²) in [6, 6.07) is 5.99. The first-order chi connectivity index (χ1) is 7.29. The fourth-order valence-electron chi connectivity index (χ4n) is 1.11. The highest BCUT2D eigenvalue weighted by atomic mass is 79.9. The van der Waals surface area contributed by atoms with E-state index in [9.17, 15) is 4.21 Å². The lowest BCUT2D eigenvalue weighted by molar-refractivity contribution is 0.651. The maximum atomic E-state index is 11.7. The van der Waals surface area contributed by atoms with Crippen molar-refractivity contribution in [3.63, 3.8) is 0 Å². The second-order valence-corrected chi connectivity index (χ2v) is 7.51. The lowest BCUT2D eigenvalue weighted by Gasteiger charge is -2.12. The van der Waals surface area contributed by atoms with Crippen LogP contribution in [0, 0.1) is 6.92 Å². The standard InChI is InChI=1S/C12H16BrNOS/c1-9-5-10(7-11(13)6-9)8-14-16(15)12(2,3)4/h5-8H,1-4H3/b14-8-/t16-/m1/s1. The van der Waals surface area contributed by atoms with E-state index in [1.54, 1.807) is 6.21 Å². The number of hydrogen-bond acceptors (Lipinski definition) is 1. The summed E-state index contributed by atoms with van der Waals surface area (Å²) in [6.45, 7) is 7.74. The maximum absolute atomic E-state index is 11.7. The molecule has 0 fully saturated rings. The zero-order valence-corrected chi connectivity index (χ0v) is 12.4. The van der Waals surface area contributed by atoms with Crippen LogP contribution < -0.4 is 0 Å². The molecule has 0 spiro atoms. The Hall–Kier alpha value is -0.480. The van der Waals surface area contributed by atoms with E-state index in [2.05, 4.69) is 20.3 Å². The monoisotopic (exact) mass is 301 g/mol. The molecule has 1 aromatic carbocycles. The topological polar surface area (TPSA) is 29.4 Å². The molecule has 2 nitrogen and oxygen atoms in total. The Balaban J connectivity index is 2.89. The van der Waals surface area contributed by atoms with Crippen molar-refractivity contribution >= 4 is 33.1 Å². The summed E-state index contributed by atoms with van der Waals surface area (Å²) in [5, 5.41) is 0. The zero-order chi connectivity index (χ0) is 12.3. The normalized spacial score (nSPS) is 14.3. The van der Waals surface area contributed by atoms with Gasteiger partial charge in [-0.3, -0.25) is 0 Å². The average molecular weight is 302 g/mol. The van der Waals surface area contributed by atoms with E-state index in [1.165, 1.54) is 0 Å². The highest BCUT2D eigenvalue weighted by molar-refractivity contribution is 9.10. The smallest absolute Gasteiger partial charge is 0.144 e. The number of nitrogens with zero attached hydrogens (tertiary/aromatic N) is 1. The third-order valence-electron chi connectivity index (χ3n) is 1.89. The van der Waals surface area contributed by atoms with E-state index in [0.717, 1.165) is 15.6 Å². The predicted octanol–water partition coefficient (Wildman–Crippen LogP) is 3.64. The molecule has 0 saturated carbocycles.